The summed E-state index contributed by atoms with van der Waals surface area (Å²) in [6.45, 7) is 5.06. The Morgan fingerprint density at radius 3 is 2.50 bits per heavy atom. The molecule has 1 amide bonds. The van der Waals surface area contributed by atoms with Crippen molar-refractivity contribution in [2.75, 3.05) is 20.2 Å². The molecule has 20 heavy (non-hydrogen) atoms. The number of ether oxygens (including phenoxy) is 1. The third kappa shape index (κ3) is 2.84. The van der Waals surface area contributed by atoms with Crippen molar-refractivity contribution in [3.8, 4) is 0 Å². The highest BCUT2D eigenvalue weighted by Crippen LogP contribution is 2.22. The largest absolute Gasteiger partial charge is 0.469 e. The monoisotopic (exact) mass is 275 g/mol. The second-order valence-electron chi connectivity index (χ2n) is 5.38. The third-order valence-electron chi connectivity index (χ3n) is 3.94. The van der Waals surface area contributed by atoms with Crippen molar-refractivity contribution in [2.24, 2.45) is 5.92 Å². The molecule has 4 nitrogen and oxygen atoms in total. The molecule has 0 bridgehead atoms. The van der Waals surface area contributed by atoms with E-state index in [2.05, 4.69) is 0 Å². The average molecular weight is 275 g/mol. The van der Waals surface area contributed by atoms with Gasteiger partial charge in [-0.25, -0.2) is 0 Å². The predicted octanol–water partition coefficient (Wildman–Crippen LogP) is 2.33. The summed E-state index contributed by atoms with van der Waals surface area (Å²) in [6.07, 6.45) is 1.64. The standard InChI is InChI=1S/C16H21NO3/c1-11-6-4-7-12(2)14(11)15(18)17-9-5-8-13(10-17)16(19)20-3/h4,6-7,13H,5,8-10H2,1-3H3. The molecule has 1 aromatic rings. The van der Waals surface area contributed by atoms with E-state index in [0.717, 1.165) is 29.5 Å². The van der Waals surface area contributed by atoms with E-state index in [1.54, 1.807) is 4.90 Å². The fourth-order valence-corrected chi connectivity index (χ4v) is 2.83. The summed E-state index contributed by atoms with van der Waals surface area (Å²) >= 11 is 0. The van der Waals surface area contributed by atoms with Crippen molar-refractivity contribution < 1.29 is 14.3 Å². The number of esters is 1. The van der Waals surface area contributed by atoms with Crippen molar-refractivity contribution >= 4 is 11.9 Å². The fraction of sp³-hybridized carbons (Fsp3) is 0.500. The van der Waals surface area contributed by atoms with Crippen LogP contribution in [0.3, 0.4) is 0 Å². The smallest absolute Gasteiger partial charge is 0.310 e. The van der Waals surface area contributed by atoms with Crippen LogP contribution < -0.4 is 0 Å². The zero-order valence-electron chi connectivity index (χ0n) is 12.3. The van der Waals surface area contributed by atoms with Gasteiger partial charge in [0, 0.05) is 18.7 Å². The molecular formula is C16H21NO3. The van der Waals surface area contributed by atoms with Crippen LogP contribution in [0.2, 0.25) is 0 Å². The zero-order valence-corrected chi connectivity index (χ0v) is 12.3. The summed E-state index contributed by atoms with van der Waals surface area (Å²) in [5, 5.41) is 0. The van der Waals surface area contributed by atoms with Gasteiger partial charge in [-0.15, -0.1) is 0 Å². The summed E-state index contributed by atoms with van der Waals surface area (Å²) in [4.78, 5) is 26.1. The molecule has 2 rings (SSSR count). The van der Waals surface area contributed by atoms with Crippen LogP contribution in [0.4, 0.5) is 0 Å². The number of likely N-dealkylation sites (tertiary alicyclic amines) is 1. The first-order valence-electron chi connectivity index (χ1n) is 6.98. The highest BCUT2D eigenvalue weighted by Gasteiger charge is 2.30. The fourth-order valence-electron chi connectivity index (χ4n) is 2.83. The molecule has 1 heterocycles. The number of rotatable bonds is 2. The molecule has 0 spiro atoms. The molecule has 0 aliphatic carbocycles. The SMILES string of the molecule is COC(=O)C1CCCN(C(=O)c2c(C)cccc2C)C1. The van der Waals surface area contributed by atoms with E-state index >= 15 is 0 Å². The minimum absolute atomic E-state index is 0.0224. The molecule has 4 heteroatoms. The number of benzene rings is 1. The summed E-state index contributed by atoms with van der Waals surface area (Å²) in [5.74, 6) is -0.389. The van der Waals surface area contributed by atoms with Crippen molar-refractivity contribution in [1.29, 1.82) is 0 Å². The van der Waals surface area contributed by atoms with Gasteiger partial charge in [-0.05, 0) is 37.8 Å². The number of piperidine rings is 1. The van der Waals surface area contributed by atoms with Crippen molar-refractivity contribution in [3.05, 3.63) is 34.9 Å². The lowest BCUT2D eigenvalue weighted by Gasteiger charge is -2.32. The van der Waals surface area contributed by atoms with Crippen molar-refractivity contribution in [2.45, 2.75) is 26.7 Å². The topological polar surface area (TPSA) is 46.6 Å². The summed E-state index contributed by atoms with van der Waals surface area (Å²) in [6, 6.07) is 5.85. The highest BCUT2D eigenvalue weighted by atomic mass is 16.5. The lowest BCUT2D eigenvalue weighted by Crippen LogP contribution is -2.43. The number of carbonyl (C=O) groups excluding carboxylic acids is 2. The van der Waals surface area contributed by atoms with Gasteiger partial charge in [0.25, 0.3) is 5.91 Å². The summed E-state index contributed by atoms with van der Waals surface area (Å²) in [5.41, 5.74) is 2.73. The van der Waals surface area contributed by atoms with Gasteiger partial charge in [-0.1, -0.05) is 18.2 Å². The van der Waals surface area contributed by atoms with Crippen molar-refractivity contribution in [3.63, 3.8) is 0 Å². The molecule has 1 aromatic carbocycles. The first kappa shape index (κ1) is 14.6. The van der Waals surface area contributed by atoms with Crippen LogP contribution in [0, 0.1) is 19.8 Å². The van der Waals surface area contributed by atoms with E-state index in [-0.39, 0.29) is 17.8 Å². The molecule has 0 N–H and O–H groups in total. The number of hydrogen-bond donors (Lipinski definition) is 0. The Bertz CT molecular complexity index is 504. The number of nitrogens with zero attached hydrogens (tertiary/aromatic N) is 1. The third-order valence-corrected chi connectivity index (χ3v) is 3.94. The molecule has 1 saturated heterocycles. The van der Waals surface area contributed by atoms with E-state index in [9.17, 15) is 9.59 Å². The highest BCUT2D eigenvalue weighted by molar-refractivity contribution is 5.97. The lowest BCUT2D eigenvalue weighted by molar-refractivity contribution is -0.146. The molecular weight excluding hydrogens is 254 g/mol. The Labute approximate surface area is 119 Å². The van der Waals surface area contributed by atoms with Gasteiger partial charge < -0.3 is 9.64 Å². The van der Waals surface area contributed by atoms with Gasteiger partial charge in [0.1, 0.15) is 0 Å². The summed E-state index contributed by atoms with van der Waals surface area (Å²) in [7, 11) is 1.40. The molecule has 0 aromatic heterocycles. The number of aryl methyl sites for hydroxylation is 2. The number of amides is 1. The van der Waals surface area contributed by atoms with Crippen molar-refractivity contribution in [1.82, 2.24) is 4.90 Å². The Hall–Kier alpha value is -1.84. The maximum absolute atomic E-state index is 12.7. The van der Waals surface area contributed by atoms with Crippen LogP contribution in [-0.4, -0.2) is 37.0 Å². The van der Waals surface area contributed by atoms with Gasteiger partial charge in [0.2, 0.25) is 0 Å². The minimum atomic E-state index is -0.219. The molecule has 1 atom stereocenters. The second kappa shape index (κ2) is 6.07. The first-order chi connectivity index (χ1) is 9.54. The first-order valence-corrected chi connectivity index (χ1v) is 6.98. The molecule has 0 saturated carbocycles. The number of carbonyl (C=O) groups is 2. The van der Waals surface area contributed by atoms with Gasteiger partial charge in [0.05, 0.1) is 13.0 Å². The Morgan fingerprint density at radius 1 is 1.25 bits per heavy atom. The lowest BCUT2D eigenvalue weighted by atomic mass is 9.95. The quantitative estimate of drug-likeness (QED) is 0.778. The van der Waals surface area contributed by atoms with E-state index in [4.69, 9.17) is 4.74 Å². The Kier molecular flexibility index (Phi) is 4.42. The van der Waals surface area contributed by atoms with Gasteiger partial charge >= 0.3 is 5.97 Å². The van der Waals surface area contributed by atoms with Crippen LogP contribution in [0.15, 0.2) is 18.2 Å². The maximum atomic E-state index is 12.7. The molecule has 1 aliphatic heterocycles. The maximum Gasteiger partial charge on any atom is 0.310 e. The second-order valence-corrected chi connectivity index (χ2v) is 5.38. The van der Waals surface area contributed by atoms with Crippen LogP contribution in [0.25, 0.3) is 0 Å². The zero-order chi connectivity index (χ0) is 14.7. The molecule has 1 unspecified atom stereocenters. The number of methoxy groups -OCH3 is 1. The van der Waals surface area contributed by atoms with Crippen LogP contribution in [-0.2, 0) is 9.53 Å². The van der Waals surface area contributed by atoms with Gasteiger partial charge in [-0.2, -0.15) is 0 Å². The van der Waals surface area contributed by atoms with E-state index < -0.39 is 0 Å². The predicted molar refractivity (Wildman–Crippen MR) is 76.6 cm³/mol. The van der Waals surface area contributed by atoms with Gasteiger partial charge in [-0.3, -0.25) is 9.59 Å². The minimum Gasteiger partial charge on any atom is -0.469 e. The van der Waals surface area contributed by atoms with Gasteiger partial charge in [0.15, 0.2) is 0 Å². The van der Waals surface area contributed by atoms with E-state index in [1.165, 1.54) is 7.11 Å². The van der Waals surface area contributed by atoms with Crippen LogP contribution in [0.5, 0.6) is 0 Å². The Morgan fingerprint density at radius 2 is 1.90 bits per heavy atom. The normalized spacial score (nSPS) is 18.8. The molecule has 108 valence electrons. The average Bonchev–Trinajstić information content (AvgIpc) is 2.46. The van der Waals surface area contributed by atoms with E-state index in [1.807, 2.05) is 32.0 Å². The number of hydrogen-bond acceptors (Lipinski definition) is 3. The molecule has 0 radical (unpaired) electrons. The molecule has 1 fully saturated rings. The molecule has 1 aliphatic rings. The van der Waals surface area contributed by atoms with Crippen LogP contribution in [0.1, 0.15) is 34.3 Å². The Balaban J connectivity index is 2.19. The summed E-state index contributed by atoms with van der Waals surface area (Å²) < 4.78 is 4.79. The van der Waals surface area contributed by atoms with Crippen LogP contribution >= 0.6 is 0 Å². The van der Waals surface area contributed by atoms with E-state index in [0.29, 0.717) is 13.1 Å².